The van der Waals surface area contributed by atoms with E-state index >= 15 is 0 Å². The van der Waals surface area contributed by atoms with Gasteiger partial charge in [0.1, 0.15) is 11.9 Å². The molecule has 1 N–H and O–H groups in total. The minimum atomic E-state index is -0.746. The number of hydrogen-bond acceptors (Lipinski definition) is 3. The van der Waals surface area contributed by atoms with E-state index in [0.717, 1.165) is 16.7 Å². The molecule has 0 spiro atoms. The molecular formula is C28H30ClFN2O3. The van der Waals surface area contributed by atoms with Gasteiger partial charge in [0.15, 0.2) is 0 Å². The Morgan fingerprint density at radius 3 is 2.26 bits per heavy atom. The molecule has 35 heavy (non-hydrogen) atoms. The standard InChI is InChI=1S/C28H30ClFN2O3/c1-35-17-5-16-31-28(34)26(18-21-6-3-2-4-7-21)32(20-23-10-14-25(30)15-11-23)27(33)19-22-8-12-24(29)13-9-22/h2-4,6-15,26H,5,16-20H2,1H3,(H,31,34)/t26-/m1/s1. The van der Waals surface area contributed by atoms with E-state index < -0.39 is 6.04 Å². The van der Waals surface area contributed by atoms with Crippen LogP contribution in [-0.2, 0) is 33.7 Å². The molecule has 0 aliphatic heterocycles. The maximum Gasteiger partial charge on any atom is 0.243 e. The van der Waals surface area contributed by atoms with Crippen molar-refractivity contribution in [2.75, 3.05) is 20.3 Å². The van der Waals surface area contributed by atoms with Gasteiger partial charge in [0.25, 0.3) is 0 Å². The highest BCUT2D eigenvalue weighted by molar-refractivity contribution is 6.30. The van der Waals surface area contributed by atoms with Crippen LogP contribution < -0.4 is 5.32 Å². The van der Waals surface area contributed by atoms with Gasteiger partial charge < -0.3 is 15.0 Å². The Labute approximate surface area is 210 Å². The molecule has 5 nitrogen and oxygen atoms in total. The van der Waals surface area contributed by atoms with Crippen LogP contribution in [0.4, 0.5) is 4.39 Å². The quantitative estimate of drug-likeness (QED) is 0.366. The summed E-state index contributed by atoms with van der Waals surface area (Å²) in [6, 6.07) is 21.9. The number of nitrogens with zero attached hydrogens (tertiary/aromatic N) is 1. The molecule has 2 amide bonds. The molecule has 0 bridgehead atoms. The zero-order valence-electron chi connectivity index (χ0n) is 19.8. The fourth-order valence-corrected chi connectivity index (χ4v) is 3.89. The first-order valence-corrected chi connectivity index (χ1v) is 11.9. The fraction of sp³-hybridized carbons (Fsp3) is 0.286. The highest BCUT2D eigenvalue weighted by Gasteiger charge is 2.30. The van der Waals surface area contributed by atoms with E-state index in [2.05, 4.69) is 5.32 Å². The third-order valence-corrected chi connectivity index (χ3v) is 5.88. The second-order valence-corrected chi connectivity index (χ2v) is 8.73. The van der Waals surface area contributed by atoms with Gasteiger partial charge in [-0.1, -0.05) is 66.2 Å². The lowest BCUT2D eigenvalue weighted by molar-refractivity contribution is -0.140. The van der Waals surface area contributed by atoms with E-state index in [-0.39, 0.29) is 30.6 Å². The molecule has 0 aliphatic carbocycles. The number of carbonyl (C=O) groups excluding carboxylic acids is 2. The molecule has 0 aliphatic rings. The summed E-state index contributed by atoms with van der Waals surface area (Å²) in [5, 5.41) is 3.53. The monoisotopic (exact) mass is 496 g/mol. The topological polar surface area (TPSA) is 58.6 Å². The number of benzene rings is 3. The zero-order valence-corrected chi connectivity index (χ0v) is 20.5. The van der Waals surface area contributed by atoms with Crippen LogP contribution in [0.15, 0.2) is 78.9 Å². The van der Waals surface area contributed by atoms with E-state index in [4.69, 9.17) is 16.3 Å². The van der Waals surface area contributed by atoms with Gasteiger partial charge in [-0.15, -0.1) is 0 Å². The van der Waals surface area contributed by atoms with Crippen molar-refractivity contribution in [1.29, 1.82) is 0 Å². The number of methoxy groups -OCH3 is 1. The van der Waals surface area contributed by atoms with Gasteiger partial charge in [-0.25, -0.2) is 4.39 Å². The summed E-state index contributed by atoms with van der Waals surface area (Å²) in [7, 11) is 1.61. The van der Waals surface area contributed by atoms with Gasteiger partial charge in [0, 0.05) is 38.2 Å². The van der Waals surface area contributed by atoms with Crippen LogP contribution in [0.2, 0.25) is 5.02 Å². The third kappa shape index (κ3) is 8.50. The van der Waals surface area contributed by atoms with Gasteiger partial charge in [0.2, 0.25) is 11.8 Å². The van der Waals surface area contributed by atoms with Gasteiger partial charge in [-0.05, 0) is 47.4 Å². The van der Waals surface area contributed by atoms with Crippen LogP contribution in [-0.4, -0.2) is 43.0 Å². The third-order valence-electron chi connectivity index (χ3n) is 5.63. The van der Waals surface area contributed by atoms with Crippen molar-refractivity contribution in [3.63, 3.8) is 0 Å². The van der Waals surface area contributed by atoms with Crippen LogP contribution in [0.3, 0.4) is 0 Å². The van der Waals surface area contributed by atoms with Crippen LogP contribution in [0.1, 0.15) is 23.1 Å². The fourth-order valence-electron chi connectivity index (χ4n) is 3.76. The Morgan fingerprint density at radius 1 is 0.943 bits per heavy atom. The molecule has 0 aromatic heterocycles. The van der Waals surface area contributed by atoms with Crippen LogP contribution in [0, 0.1) is 5.82 Å². The Hall–Kier alpha value is -3.22. The minimum Gasteiger partial charge on any atom is -0.385 e. The van der Waals surface area contributed by atoms with Crippen molar-refractivity contribution < 1.29 is 18.7 Å². The van der Waals surface area contributed by atoms with E-state index in [1.165, 1.54) is 12.1 Å². The Morgan fingerprint density at radius 2 is 1.60 bits per heavy atom. The van der Waals surface area contributed by atoms with Crippen LogP contribution in [0.25, 0.3) is 0 Å². The molecule has 0 radical (unpaired) electrons. The molecular weight excluding hydrogens is 467 g/mol. The first kappa shape index (κ1) is 26.4. The molecule has 184 valence electrons. The molecule has 0 unspecified atom stereocenters. The number of halogens is 2. The number of carbonyl (C=O) groups is 2. The largest absolute Gasteiger partial charge is 0.385 e. The van der Waals surface area contributed by atoms with E-state index in [1.807, 2.05) is 30.3 Å². The Kier molecular flexibility index (Phi) is 10.3. The number of amides is 2. The molecule has 7 heteroatoms. The number of ether oxygens (including phenoxy) is 1. The lowest BCUT2D eigenvalue weighted by Crippen LogP contribution is -2.51. The first-order valence-electron chi connectivity index (χ1n) is 11.5. The lowest BCUT2D eigenvalue weighted by atomic mass is 10.0. The molecule has 0 saturated heterocycles. The molecule has 0 fully saturated rings. The maximum atomic E-state index is 13.6. The summed E-state index contributed by atoms with van der Waals surface area (Å²) in [6.07, 6.45) is 1.13. The Balaban J connectivity index is 1.90. The minimum absolute atomic E-state index is 0.112. The SMILES string of the molecule is COCCCNC(=O)[C@@H](Cc1ccccc1)N(Cc1ccc(F)cc1)C(=O)Cc1ccc(Cl)cc1. The van der Waals surface area contributed by atoms with E-state index in [1.54, 1.807) is 48.4 Å². The summed E-state index contributed by atoms with van der Waals surface area (Å²) >= 11 is 6.00. The average molecular weight is 497 g/mol. The smallest absolute Gasteiger partial charge is 0.243 e. The van der Waals surface area contributed by atoms with Gasteiger partial charge in [0.05, 0.1) is 6.42 Å². The van der Waals surface area contributed by atoms with E-state index in [9.17, 15) is 14.0 Å². The normalized spacial score (nSPS) is 11.6. The predicted molar refractivity (Wildman–Crippen MR) is 136 cm³/mol. The van der Waals surface area contributed by atoms with Crippen molar-refractivity contribution in [2.24, 2.45) is 0 Å². The summed E-state index contributed by atoms with van der Waals surface area (Å²) < 4.78 is 18.6. The van der Waals surface area contributed by atoms with Gasteiger partial charge in [-0.2, -0.15) is 0 Å². The zero-order chi connectivity index (χ0) is 25.0. The number of hydrogen-bond donors (Lipinski definition) is 1. The second-order valence-electron chi connectivity index (χ2n) is 8.29. The lowest BCUT2D eigenvalue weighted by Gasteiger charge is -2.31. The molecule has 3 rings (SSSR count). The molecule has 0 heterocycles. The highest BCUT2D eigenvalue weighted by Crippen LogP contribution is 2.18. The van der Waals surface area contributed by atoms with Crippen LogP contribution in [0.5, 0.6) is 0 Å². The summed E-state index contributed by atoms with van der Waals surface area (Å²) in [5.41, 5.74) is 2.47. The Bertz CT molecular complexity index is 1080. The van der Waals surface area contributed by atoms with Gasteiger partial charge >= 0.3 is 0 Å². The average Bonchev–Trinajstić information content (AvgIpc) is 2.87. The van der Waals surface area contributed by atoms with Crippen molar-refractivity contribution in [3.8, 4) is 0 Å². The van der Waals surface area contributed by atoms with Crippen molar-refractivity contribution in [2.45, 2.75) is 31.8 Å². The second kappa shape index (κ2) is 13.6. The van der Waals surface area contributed by atoms with Crippen molar-refractivity contribution >= 4 is 23.4 Å². The first-order chi connectivity index (χ1) is 17.0. The van der Waals surface area contributed by atoms with E-state index in [0.29, 0.717) is 31.0 Å². The number of rotatable bonds is 12. The summed E-state index contributed by atoms with van der Waals surface area (Å²) in [4.78, 5) is 28.6. The molecule has 1 atom stereocenters. The predicted octanol–water partition coefficient (Wildman–Crippen LogP) is 4.81. The molecule has 3 aromatic rings. The van der Waals surface area contributed by atoms with Gasteiger partial charge in [-0.3, -0.25) is 9.59 Å². The van der Waals surface area contributed by atoms with Crippen molar-refractivity contribution in [3.05, 3.63) is 106 Å². The van der Waals surface area contributed by atoms with Crippen molar-refractivity contribution in [1.82, 2.24) is 10.2 Å². The number of nitrogens with one attached hydrogen (secondary N) is 1. The summed E-state index contributed by atoms with van der Waals surface area (Å²) in [6.45, 7) is 1.14. The molecule has 3 aromatic carbocycles. The summed E-state index contributed by atoms with van der Waals surface area (Å²) in [5.74, 6) is -0.800. The highest BCUT2D eigenvalue weighted by atomic mass is 35.5. The molecule has 0 saturated carbocycles. The van der Waals surface area contributed by atoms with Crippen LogP contribution >= 0.6 is 11.6 Å². The maximum absolute atomic E-state index is 13.6.